The van der Waals surface area contributed by atoms with Crippen LogP contribution >= 0.6 is 0 Å². The summed E-state index contributed by atoms with van der Waals surface area (Å²) in [5.74, 6) is 0.908. The number of carbonyl (C=O) groups is 2. The first kappa shape index (κ1) is 18.2. The summed E-state index contributed by atoms with van der Waals surface area (Å²) in [6.45, 7) is 9.01. The molecule has 1 saturated heterocycles. The third-order valence-corrected chi connectivity index (χ3v) is 4.62. The van der Waals surface area contributed by atoms with E-state index in [0.29, 0.717) is 30.1 Å². The largest absolute Gasteiger partial charge is 0.360 e. The molecule has 138 valence electrons. The predicted octanol–water partition coefficient (Wildman–Crippen LogP) is 3.51. The molecule has 1 aliphatic rings. The fourth-order valence-electron chi connectivity index (χ4n) is 3.01. The van der Waals surface area contributed by atoms with E-state index in [9.17, 15) is 9.59 Å². The van der Waals surface area contributed by atoms with Crippen LogP contribution in [0.1, 0.15) is 55.3 Å². The van der Waals surface area contributed by atoms with Gasteiger partial charge in [0.15, 0.2) is 5.82 Å². The number of anilines is 1. The highest BCUT2D eigenvalue weighted by Crippen LogP contribution is 2.24. The van der Waals surface area contributed by atoms with E-state index in [2.05, 4.69) is 25.9 Å². The number of carbonyl (C=O) groups excluding carboxylic acids is 2. The standard InChI is InChI=1S/C20H25N3O3/c1-14-12-17(21-26-14)23(13-22-11-5-6-18(22)24)19(25)15-7-9-16(10-8-15)20(2,3)4/h7-10,12H,5-6,11,13H2,1-4H3. The topological polar surface area (TPSA) is 66.7 Å². The number of hydrogen-bond acceptors (Lipinski definition) is 4. The van der Waals surface area contributed by atoms with Crippen LogP contribution in [0.3, 0.4) is 0 Å². The summed E-state index contributed by atoms with van der Waals surface area (Å²) < 4.78 is 5.14. The summed E-state index contributed by atoms with van der Waals surface area (Å²) in [5.41, 5.74) is 1.74. The molecule has 1 aromatic carbocycles. The molecule has 0 N–H and O–H groups in total. The van der Waals surface area contributed by atoms with Crippen LogP contribution in [0.25, 0.3) is 0 Å². The molecule has 26 heavy (non-hydrogen) atoms. The summed E-state index contributed by atoms with van der Waals surface area (Å²) >= 11 is 0. The molecule has 3 rings (SSSR count). The van der Waals surface area contributed by atoms with Gasteiger partial charge in [0.1, 0.15) is 12.4 Å². The molecule has 0 spiro atoms. The summed E-state index contributed by atoms with van der Waals surface area (Å²) in [4.78, 5) is 28.3. The third-order valence-electron chi connectivity index (χ3n) is 4.62. The van der Waals surface area contributed by atoms with Gasteiger partial charge in [0.2, 0.25) is 5.91 Å². The van der Waals surface area contributed by atoms with Crippen molar-refractivity contribution in [2.75, 3.05) is 18.1 Å². The summed E-state index contributed by atoms with van der Waals surface area (Å²) in [7, 11) is 0. The molecular weight excluding hydrogens is 330 g/mol. The molecule has 0 unspecified atom stereocenters. The van der Waals surface area contributed by atoms with Crippen molar-refractivity contribution in [1.29, 1.82) is 0 Å². The molecule has 0 saturated carbocycles. The Morgan fingerprint density at radius 3 is 2.46 bits per heavy atom. The maximum absolute atomic E-state index is 13.1. The minimum Gasteiger partial charge on any atom is -0.360 e. The van der Waals surface area contributed by atoms with E-state index in [1.807, 2.05) is 24.3 Å². The number of hydrogen-bond donors (Lipinski definition) is 0. The van der Waals surface area contributed by atoms with Crippen LogP contribution in [0.4, 0.5) is 5.82 Å². The van der Waals surface area contributed by atoms with Crippen molar-refractivity contribution < 1.29 is 14.1 Å². The SMILES string of the molecule is Cc1cc(N(CN2CCCC2=O)C(=O)c2ccc(C(C)(C)C)cc2)no1. The second-order valence-electron chi connectivity index (χ2n) is 7.76. The van der Waals surface area contributed by atoms with Crippen molar-refractivity contribution in [2.45, 2.75) is 46.0 Å². The molecule has 2 amide bonds. The molecule has 0 aliphatic carbocycles. The van der Waals surface area contributed by atoms with Gasteiger partial charge in [0.25, 0.3) is 5.91 Å². The van der Waals surface area contributed by atoms with Gasteiger partial charge in [-0.1, -0.05) is 38.1 Å². The number of benzene rings is 1. The van der Waals surface area contributed by atoms with Crippen LogP contribution in [0.15, 0.2) is 34.9 Å². The molecule has 2 heterocycles. The predicted molar refractivity (Wildman–Crippen MR) is 99.0 cm³/mol. The van der Waals surface area contributed by atoms with Gasteiger partial charge in [0.05, 0.1) is 0 Å². The maximum Gasteiger partial charge on any atom is 0.261 e. The Kier molecular flexibility index (Phi) is 4.85. The monoisotopic (exact) mass is 355 g/mol. The Labute approximate surface area is 153 Å². The lowest BCUT2D eigenvalue weighted by Crippen LogP contribution is -2.42. The first-order valence-electron chi connectivity index (χ1n) is 8.89. The molecule has 0 atom stereocenters. The lowest BCUT2D eigenvalue weighted by atomic mass is 9.86. The van der Waals surface area contributed by atoms with E-state index in [4.69, 9.17) is 4.52 Å². The van der Waals surface area contributed by atoms with Gasteiger partial charge < -0.3 is 9.42 Å². The molecule has 0 radical (unpaired) electrons. The number of amides is 2. The van der Waals surface area contributed by atoms with Crippen LogP contribution in [0.2, 0.25) is 0 Å². The van der Waals surface area contributed by atoms with Gasteiger partial charge in [0, 0.05) is 24.6 Å². The Morgan fingerprint density at radius 2 is 1.96 bits per heavy atom. The van der Waals surface area contributed by atoms with Gasteiger partial charge in [-0.2, -0.15) is 0 Å². The first-order valence-corrected chi connectivity index (χ1v) is 8.89. The maximum atomic E-state index is 13.1. The molecule has 1 aliphatic heterocycles. The van der Waals surface area contributed by atoms with Crippen molar-refractivity contribution in [2.24, 2.45) is 0 Å². The van der Waals surface area contributed by atoms with Gasteiger partial charge in [-0.05, 0) is 36.5 Å². The van der Waals surface area contributed by atoms with Gasteiger partial charge in [-0.25, -0.2) is 0 Å². The number of rotatable bonds is 4. The number of aromatic nitrogens is 1. The molecule has 2 aromatic rings. The minimum atomic E-state index is -0.196. The number of nitrogens with zero attached hydrogens (tertiary/aromatic N) is 3. The molecule has 1 fully saturated rings. The average Bonchev–Trinajstić information content (AvgIpc) is 3.20. The Morgan fingerprint density at radius 1 is 1.27 bits per heavy atom. The van der Waals surface area contributed by atoms with Crippen LogP contribution in [-0.4, -0.2) is 35.1 Å². The highest BCUT2D eigenvalue weighted by Gasteiger charge is 2.28. The summed E-state index contributed by atoms with van der Waals surface area (Å²) in [6, 6.07) is 9.31. The smallest absolute Gasteiger partial charge is 0.261 e. The molecular formula is C20H25N3O3. The molecule has 6 heteroatoms. The normalized spacial score (nSPS) is 14.8. The first-order chi connectivity index (χ1) is 12.3. The lowest BCUT2D eigenvalue weighted by molar-refractivity contribution is -0.127. The van der Waals surface area contributed by atoms with Crippen molar-refractivity contribution in [1.82, 2.24) is 10.1 Å². The van der Waals surface area contributed by atoms with Crippen molar-refractivity contribution >= 4 is 17.6 Å². The Bertz CT molecular complexity index is 802. The Balaban J connectivity index is 1.88. The Hall–Kier alpha value is -2.63. The molecule has 0 bridgehead atoms. The number of aryl methyl sites for hydroxylation is 1. The number of likely N-dealkylation sites (tertiary alicyclic amines) is 1. The van der Waals surface area contributed by atoms with Crippen molar-refractivity contribution in [3.63, 3.8) is 0 Å². The third kappa shape index (κ3) is 3.79. The lowest BCUT2D eigenvalue weighted by Gasteiger charge is -2.26. The van der Waals surface area contributed by atoms with E-state index in [1.54, 1.807) is 17.9 Å². The van der Waals surface area contributed by atoms with Crippen molar-refractivity contribution in [3.05, 3.63) is 47.2 Å². The average molecular weight is 355 g/mol. The zero-order chi connectivity index (χ0) is 18.9. The molecule has 1 aromatic heterocycles. The van der Waals surface area contributed by atoms with Crippen LogP contribution in [0, 0.1) is 6.92 Å². The van der Waals surface area contributed by atoms with E-state index < -0.39 is 0 Å². The fourth-order valence-corrected chi connectivity index (χ4v) is 3.01. The fraction of sp³-hybridized carbons (Fsp3) is 0.450. The van der Waals surface area contributed by atoms with Crippen LogP contribution < -0.4 is 4.90 Å². The highest BCUT2D eigenvalue weighted by atomic mass is 16.5. The van der Waals surface area contributed by atoms with Crippen molar-refractivity contribution in [3.8, 4) is 0 Å². The summed E-state index contributed by atoms with van der Waals surface area (Å²) in [5, 5.41) is 3.98. The highest BCUT2D eigenvalue weighted by molar-refractivity contribution is 6.05. The van der Waals surface area contributed by atoms with Gasteiger partial charge in [-0.15, -0.1) is 0 Å². The van der Waals surface area contributed by atoms with E-state index in [0.717, 1.165) is 12.0 Å². The van der Waals surface area contributed by atoms with Crippen LogP contribution in [0.5, 0.6) is 0 Å². The van der Waals surface area contributed by atoms with E-state index in [1.165, 1.54) is 4.90 Å². The van der Waals surface area contributed by atoms with Crippen LogP contribution in [-0.2, 0) is 10.2 Å². The summed E-state index contributed by atoms with van der Waals surface area (Å²) in [6.07, 6.45) is 1.35. The quantitative estimate of drug-likeness (QED) is 0.842. The van der Waals surface area contributed by atoms with Gasteiger partial charge in [-0.3, -0.25) is 14.5 Å². The minimum absolute atomic E-state index is 0.0203. The second kappa shape index (κ2) is 6.94. The van der Waals surface area contributed by atoms with E-state index in [-0.39, 0.29) is 23.9 Å². The second-order valence-corrected chi connectivity index (χ2v) is 7.76. The molecule has 6 nitrogen and oxygen atoms in total. The van der Waals surface area contributed by atoms with E-state index >= 15 is 0 Å². The zero-order valence-electron chi connectivity index (χ0n) is 15.8. The zero-order valence-corrected chi connectivity index (χ0v) is 15.8. The van der Waals surface area contributed by atoms with Gasteiger partial charge >= 0.3 is 0 Å².